The van der Waals surface area contributed by atoms with Crippen molar-refractivity contribution in [1.82, 2.24) is 5.01 Å². The molecule has 1 aliphatic carbocycles. The summed E-state index contributed by atoms with van der Waals surface area (Å²) >= 11 is 1.64. The van der Waals surface area contributed by atoms with Crippen LogP contribution in [-0.2, 0) is 0 Å². The van der Waals surface area contributed by atoms with Crippen molar-refractivity contribution >= 4 is 17.0 Å². The highest BCUT2D eigenvalue weighted by molar-refractivity contribution is 7.11. The van der Waals surface area contributed by atoms with Gasteiger partial charge in [-0.1, -0.05) is 25.3 Å². The second kappa shape index (κ2) is 6.25. The molecular weight excluding hydrogens is 242 g/mol. The largest absolute Gasteiger partial charge is 0.396 e. The Balaban J connectivity index is 1.97. The third kappa shape index (κ3) is 3.27. The Kier molecular flexibility index (Phi) is 4.66. The van der Waals surface area contributed by atoms with Crippen LogP contribution in [0.4, 0.5) is 0 Å². The van der Waals surface area contributed by atoms with Crippen LogP contribution in [0.1, 0.15) is 43.9 Å². The molecule has 1 aromatic heterocycles. The molecule has 0 bridgehead atoms. The highest BCUT2D eigenvalue weighted by atomic mass is 32.1. The molecule has 0 radical (unpaired) electrons. The van der Waals surface area contributed by atoms with Crippen LogP contribution in [0.25, 0.3) is 5.70 Å². The maximum Gasteiger partial charge on any atom is 0.0665 e. The molecule has 1 aromatic rings. The first kappa shape index (κ1) is 13.4. The Hall–Kier alpha value is -1.000. The summed E-state index contributed by atoms with van der Waals surface area (Å²) in [5.74, 6) is 6.84. The van der Waals surface area contributed by atoms with Crippen LogP contribution in [0.15, 0.2) is 23.7 Å². The van der Waals surface area contributed by atoms with E-state index >= 15 is 0 Å². The third-order valence-electron chi connectivity index (χ3n) is 3.90. The fraction of sp³-hybridized carbons (Fsp3) is 0.571. The van der Waals surface area contributed by atoms with Gasteiger partial charge in [-0.3, -0.25) is 0 Å². The van der Waals surface area contributed by atoms with Gasteiger partial charge >= 0.3 is 0 Å². The molecular formula is C14H23N3S. The van der Waals surface area contributed by atoms with E-state index in [9.17, 15) is 0 Å². The van der Waals surface area contributed by atoms with Gasteiger partial charge in [-0.2, -0.15) is 0 Å². The highest BCUT2D eigenvalue weighted by Gasteiger charge is 2.22. The maximum absolute atomic E-state index is 6.14. The lowest BCUT2D eigenvalue weighted by Gasteiger charge is -2.33. The van der Waals surface area contributed by atoms with Crippen LogP contribution in [0, 0.1) is 5.92 Å². The molecule has 3 nitrogen and oxygen atoms in total. The van der Waals surface area contributed by atoms with Crippen molar-refractivity contribution in [1.29, 1.82) is 0 Å². The molecule has 0 aromatic carbocycles. The molecule has 0 spiro atoms. The predicted molar refractivity (Wildman–Crippen MR) is 78.5 cm³/mol. The Bertz CT molecular complexity index is 380. The summed E-state index contributed by atoms with van der Waals surface area (Å²) < 4.78 is 0. The Morgan fingerprint density at radius 2 is 2.17 bits per heavy atom. The fourth-order valence-electron chi connectivity index (χ4n) is 2.64. The van der Waals surface area contributed by atoms with E-state index in [0.29, 0.717) is 12.0 Å². The minimum absolute atomic E-state index is 0.365. The van der Waals surface area contributed by atoms with E-state index in [1.54, 1.807) is 16.3 Å². The van der Waals surface area contributed by atoms with Crippen molar-refractivity contribution in [3.8, 4) is 0 Å². The molecule has 18 heavy (non-hydrogen) atoms. The van der Waals surface area contributed by atoms with Gasteiger partial charge in [0.05, 0.1) is 10.6 Å². The molecule has 1 saturated carbocycles. The van der Waals surface area contributed by atoms with E-state index in [1.165, 1.54) is 32.1 Å². The molecule has 1 aliphatic rings. The molecule has 0 saturated heterocycles. The van der Waals surface area contributed by atoms with Crippen LogP contribution in [-0.4, -0.2) is 11.1 Å². The number of nitrogens with zero attached hydrogens (tertiary/aromatic N) is 1. The molecule has 4 heteroatoms. The second-order valence-corrected chi connectivity index (χ2v) is 6.10. The quantitative estimate of drug-likeness (QED) is 0.649. The zero-order valence-electron chi connectivity index (χ0n) is 11.0. The number of hydrazine groups is 1. The number of hydrogen-bond donors (Lipinski definition) is 2. The first-order valence-electron chi connectivity index (χ1n) is 6.72. The van der Waals surface area contributed by atoms with E-state index in [-0.39, 0.29) is 0 Å². The second-order valence-electron chi connectivity index (χ2n) is 5.15. The van der Waals surface area contributed by atoms with Crippen LogP contribution in [0.5, 0.6) is 0 Å². The van der Waals surface area contributed by atoms with E-state index in [2.05, 4.69) is 6.92 Å². The fourth-order valence-corrected chi connectivity index (χ4v) is 3.29. The minimum atomic E-state index is 0.365. The predicted octanol–water partition coefficient (Wildman–Crippen LogP) is 3.15. The number of nitrogens with two attached hydrogens (primary N) is 2. The van der Waals surface area contributed by atoms with Crippen LogP contribution in [0.3, 0.4) is 0 Å². The normalized spacial score (nSPS) is 19.8. The summed E-state index contributed by atoms with van der Waals surface area (Å²) in [6, 6.07) is 4.39. The van der Waals surface area contributed by atoms with Gasteiger partial charge in [-0.15, -0.1) is 11.3 Å². The summed E-state index contributed by atoms with van der Waals surface area (Å²) in [5.41, 5.74) is 6.82. The van der Waals surface area contributed by atoms with Crippen molar-refractivity contribution in [3.63, 3.8) is 0 Å². The van der Waals surface area contributed by atoms with Crippen molar-refractivity contribution in [2.75, 3.05) is 0 Å². The summed E-state index contributed by atoms with van der Waals surface area (Å²) in [7, 11) is 0. The maximum atomic E-state index is 6.14. The van der Waals surface area contributed by atoms with Crippen LogP contribution in [0.2, 0.25) is 0 Å². The van der Waals surface area contributed by atoms with E-state index in [1.807, 2.05) is 23.7 Å². The van der Waals surface area contributed by atoms with Gasteiger partial charge in [0.25, 0.3) is 0 Å². The topological polar surface area (TPSA) is 55.3 Å². The van der Waals surface area contributed by atoms with Gasteiger partial charge < -0.3 is 10.7 Å². The average Bonchev–Trinajstić information content (AvgIpc) is 2.92. The molecule has 1 fully saturated rings. The first-order chi connectivity index (χ1) is 8.68. The molecule has 0 amide bonds. The van der Waals surface area contributed by atoms with Crippen molar-refractivity contribution in [2.24, 2.45) is 17.5 Å². The lowest BCUT2D eigenvalue weighted by atomic mass is 9.84. The summed E-state index contributed by atoms with van der Waals surface area (Å²) in [6.07, 6.45) is 8.52. The van der Waals surface area contributed by atoms with Gasteiger partial charge in [0, 0.05) is 12.2 Å². The van der Waals surface area contributed by atoms with Crippen molar-refractivity contribution in [3.05, 3.63) is 28.6 Å². The highest BCUT2D eigenvalue weighted by Crippen LogP contribution is 2.28. The van der Waals surface area contributed by atoms with E-state index < -0.39 is 0 Å². The standard InChI is InChI=1S/C14H23N3S/c1-11(12-6-3-2-4-7-12)17(16)10-13(15)14-8-5-9-18-14/h5,8-12H,2-4,6-7,15-16H2,1H3/b13-10-. The average molecular weight is 265 g/mol. The molecule has 1 unspecified atom stereocenters. The van der Waals surface area contributed by atoms with Gasteiger partial charge in [0.1, 0.15) is 0 Å². The Labute approximate surface area is 113 Å². The molecule has 100 valence electrons. The first-order valence-corrected chi connectivity index (χ1v) is 7.60. The summed E-state index contributed by atoms with van der Waals surface area (Å²) in [4.78, 5) is 1.08. The zero-order valence-corrected chi connectivity index (χ0v) is 11.8. The van der Waals surface area contributed by atoms with E-state index in [4.69, 9.17) is 11.6 Å². The molecule has 1 heterocycles. The monoisotopic (exact) mass is 265 g/mol. The molecule has 0 aliphatic heterocycles. The lowest BCUT2D eigenvalue weighted by Crippen LogP contribution is -2.40. The zero-order chi connectivity index (χ0) is 13.0. The molecule has 4 N–H and O–H groups in total. The van der Waals surface area contributed by atoms with Crippen molar-refractivity contribution < 1.29 is 0 Å². The van der Waals surface area contributed by atoms with Gasteiger partial charge in [-0.05, 0) is 37.1 Å². The number of thiophene rings is 1. The van der Waals surface area contributed by atoms with Gasteiger partial charge in [-0.25, -0.2) is 5.84 Å². The third-order valence-corrected chi connectivity index (χ3v) is 4.82. The SMILES string of the molecule is CC(C1CCCCC1)N(N)/C=C(\N)c1cccs1. The van der Waals surface area contributed by atoms with Gasteiger partial charge in [0.15, 0.2) is 0 Å². The number of rotatable bonds is 4. The van der Waals surface area contributed by atoms with Gasteiger partial charge in [0.2, 0.25) is 0 Å². The Morgan fingerprint density at radius 3 is 2.78 bits per heavy atom. The van der Waals surface area contributed by atoms with Crippen LogP contribution < -0.4 is 11.6 Å². The smallest absolute Gasteiger partial charge is 0.0665 e. The van der Waals surface area contributed by atoms with Crippen LogP contribution >= 0.6 is 11.3 Å². The lowest BCUT2D eigenvalue weighted by molar-refractivity contribution is 0.180. The minimum Gasteiger partial charge on any atom is -0.396 e. The van der Waals surface area contributed by atoms with Crippen molar-refractivity contribution in [2.45, 2.75) is 45.1 Å². The molecule has 1 atom stereocenters. The number of hydrogen-bond acceptors (Lipinski definition) is 4. The van der Waals surface area contributed by atoms with E-state index in [0.717, 1.165) is 10.6 Å². The summed E-state index contributed by atoms with van der Waals surface area (Å²) in [6.45, 7) is 2.20. The summed E-state index contributed by atoms with van der Waals surface area (Å²) in [5, 5.41) is 3.83. The Morgan fingerprint density at radius 1 is 1.44 bits per heavy atom. The molecule has 2 rings (SSSR count).